The molecule has 2 aromatic carbocycles. The minimum atomic E-state index is -0.621. The van der Waals surface area contributed by atoms with Crippen LogP contribution in [-0.2, 0) is 6.54 Å². The third kappa shape index (κ3) is 2.88. The fraction of sp³-hybridized carbons (Fsp3) is 0.136. The zero-order valence-electron chi connectivity index (χ0n) is 15.6. The quantitative estimate of drug-likeness (QED) is 0.565. The van der Waals surface area contributed by atoms with Crippen LogP contribution in [0.5, 0.6) is 5.75 Å². The molecule has 0 saturated heterocycles. The summed E-state index contributed by atoms with van der Waals surface area (Å²) in [4.78, 5) is 16.3. The summed E-state index contributed by atoms with van der Waals surface area (Å²) in [6.45, 7) is 0.384. The van der Waals surface area contributed by atoms with Crippen molar-refractivity contribution in [3.05, 3.63) is 100 Å². The predicted molar refractivity (Wildman–Crippen MR) is 105 cm³/mol. The summed E-state index contributed by atoms with van der Waals surface area (Å²) >= 11 is 0. The molecular weight excluding hydrogens is 390 g/mol. The Morgan fingerprint density at radius 2 is 1.73 bits per heavy atom. The van der Waals surface area contributed by atoms with Crippen LogP contribution in [0.25, 0.3) is 11.5 Å². The lowest BCUT2D eigenvalue weighted by molar-refractivity contribution is 0.330. The van der Waals surface area contributed by atoms with Crippen LogP contribution in [-0.4, -0.2) is 24.4 Å². The van der Waals surface area contributed by atoms with E-state index in [1.165, 1.54) is 28.9 Å². The maximum atomic E-state index is 14.1. The van der Waals surface area contributed by atoms with Gasteiger partial charge in [0.25, 0.3) is 0 Å². The van der Waals surface area contributed by atoms with E-state index in [2.05, 4.69) is 10.1 Å². The van der Waals surface area contributed by atoms with Crippen molar-refractivity contribution >= 4 is 0 Å². The van der Waals surface area contributed by atoms with Crippen molar-refractivity contribution < 1.29 is 13.9 Å². The first-order valence-electron chi connectivity index (χ1n) is 9.36. The number of halogens is 2. The highest BCUT2D eigenvalue weighted by atomic mass is 19.1. The van der Waals surface area contributed by atoms with E-state index in [1.54, 1.807) is 41.2 Å². The molecule has 0 radical (unpaired) electrons. The molecule has 1 atom stereocenters. The van der Waals surface area contributed by atoms with E-state index in [1.807, 2.05) is 0 Å². The molecular formula is C22H16F2N4O2. The molecule has 8 heteroatoms. The van der Waals surface area contributed by atoms with Gasteiger partial charge in [0.15, 0.2) is 11.6 Å². The lowest BCUT2D eigenvalue weighted by Crippen LogP contribution is -2.32. The van der Waals surface area contributed by atoms with Crippen molar-refractivity contribution in [2.24, 2.45) is 0 Å². The molecule has 30 heavy (non-hydrogen) atoms. The monoisotopic (exact) mass is 406 g/mol. The van der Waals surface area contributed by atoms with Gasteiger partial charge in [0.1, 0.15) is 17.3 Å². The second-order valence-corrected chi connectivity index (χ2v) is 7.21. The van der Waals surface area contributed by atoms with Gasteiger partial charge in [-0.3, -0.25) is 9.48 Å². The number of benzene rings is 2. The highest BCUT2D eigenvalue weighted by Crippen LogP contribution is 2.42. The molecule has 0 aliphatic carbocycles. The highest BCUT2D eigenvalue weighted by Gasteiger charge is 2.35. The van der Waals surface area contributed by atoms with Crippen LogP contribution in [0.1, 0.15) is 23.1 Å². The molecule has 0 fully saturated rings. The van der Waals surface area contributed by atoms with Gasteiger partial charge in [-0.25, -0.2) is 13.8 Å². The van der Waals surface area contributed by atoms with Crippen LogP contribution in [0.15, 0.2) is 71.9 Å². The Balaban J connectivity index is 1.77. The fourth-order valence-corrected chi connectivity index (χ4v) is 4.15. The molecule has 1 N–H and O–H groups in total. The molecule has 4 aromatic rings. The van der Waals surface area contributed by atoms with Crippen LogP contribution < -0.4 is 5.43 Å². The first-order valence-corrected chi connectivity index (χ1v) is 9.36. The van der Waals surface area contributed by atoms with Crippen LogP contribution >= 0.6 is 0 Å². The third-order valence-electron chi connectivity index (χ3n) is 5.41. The van der Waals surface area contributed by atoms with Gasteiger partial charge in [-0.2, -0.15) is 5.10 Å². The largest absolute Gasteiger partial charge is 0.503 e. The molecule has 0 unspecified atom stereocenters. The van der Waals surface area contributed by atoms with Gasteiger partial charge in [-0.1, -0.05) is 24.3 Å². The lowest BCUT2D eigenvalue weighted by Gasteiger charge is -2.34. The first kappa shape index (κ1) is 18.2. The molecule has 1 aliphatic rings. The van der Waals surface area contributed by atoms with Crippen molar-refractivity contribution in [3.63, 3.8) is 0 Å². The summed E-state index contributed by atoms with van der Waals surface area (Å²) in [6.07, 6.45) is 4.34. The Kier molecular flexibility index (Phi) is 4.20. The van der Waals surface area contributed by atoms with Crippen molar-refractivity contribution in [3.8, 4) is 17.3 Å². The number of hydrogen-bond donors (Lipinski definition) is 1. The highest BCUT2D eigenvalue weighted by molar-refractivity contribution is 5.60. The van der Waals surface area contributed by atoms with E-state index in [9.17, 15) is 18.7 Å². The smallest absolute Gasteiger partial charge is 0.242 e. The number of hydrogen-bond acceptors (Lipinski definition) is 4. The summed E-state index contributed by atoms with van der Waals surface area (Å²) < 4.78 is 31.5. The normalized spacial score (nSPS) is 15.1. The molecule has 0 amide bonds. The SMILES string of the molecule is O=c1cnn2c(c1O)-c1nccn1C[C@@H]2C(c1cccc(F)c1)c1cccc(F)c1. The second-order valence-electron chi connectivity index (χ2n) is 7.21. The van der Waals surface area contributed by atoms with Crippen LogP contribution in [0.4, 0.5) is 8.78 Å². The Morgan fingerprint density at radius 3 is 2.37 bits per heavy atom. The third-order valence-corrected chi connectivity index (χ3v) is 5.41. The van der Waals surface area contributed by atoms with E-state index in [-0.39, 0.29) is 5.69 Å². The number of fused-ring (bicyclic) bond motifs is 3. The van der Waals surface area contributed by atoms with E-state index < -0.39 is 34.8 Å². The summed E-state index contributed by atoms with van der Waals surface area (Å²) in [5, 5.41) is 14.8. The van der Waals surface area contributed by atoms with Gasteiger partial charge in [-0.05, 0) is 35.4 Å². The van der Waals surface area contributed by atoms with E-state index in [0.29, 0.717) is 23.5 Å². The molecule has 150 valence electrons. The number of imidazole rings is 1. The van der Waals surface area contributed by atoms with Gasteiger partial charge in [0.05, 0.1) is 12.2 Å². The summed E-state index contributed by atoms with van der Waals surface area (Å²) in [5.41, 5.74) is 0.811. The Bertz CT molecular complexity index is 1270. The zero-order valence-corrected chi connectivity index (χ0v) is 15.6. The Labute approximate surface area is 169 Å². The standard InChI is InChI=1S/C22H16F2N4O2/c23-15-5-1-3-13(9-15)19(14-4-2-6-16(24)10-14)17-12-27-8-7-25-22(27)20-21(30)18(29)11-26-28(17)20/h1-11,17,19,30H,12H2/t17-/m1/s1. The molecule has 0 bridgehead atoms. The number of aromatic hydroxyl groups is 1. The van der Waals surface area contributed by atoms with Crippen LogP contribution in [0.2, 0.25) is 0 Å². The van der Waals surface area contributed by atoms with Crippen LogP contribution in [0, 0.1) is 11.6 Å². The van der Waals surface area contributed by atoms with Crippen molar-refractivity contribution in [2.45, 2.75) is 18.5 Å². The molecule has 2 aromatic heterocycles. The minimum absolute atomic E-state index is 0.182. The molecule has 1 aliphatic heterocycles. The molecule has 3 heterocycles. The summed E-state index contributed by atoms with van der Waals surface area (Å²) in [7, 11) is 0. The Morgan fingerprint density at radius 1 is 1.07 bits per heavy atom. The number of rotatable bonds is 3. The number of nitrogens with zero attached hydrogens (tertiary/aromatic N) is 4. The van der Waals surface area contributed by atoms with Gasteiger partial charge < -0.3 is 9.67 Å². The Hall–Kier alpha value is -3.81. The molecule has 0 saturated carbocycles. The van der Waals surface area contributed by atoms with Crippen LogP contribution in [0.3, 0.4) is 0 Å². The fourth-order valence-electron chi connectivity index (χ4n) is 4.15. The summed E-state index contributed by atoms with van der Waals surface area (Å²) in [6, 6.07) is 11.7. The molecule has 5 rings (SSSR count). The average Bonchev–Trinajstić information content (AvgIpc) is 3.19. The van der Waals surface area contributed by atoms with Gasteiger partial charge in [0, 0.05) is 24.9 Å². The molecule has 6 nitrogen and oxygen atoms in total. The predicted octanol–water partition coefficient (Wildman–Crippen LogP) is 3.48. The maximum absolute atomic E-state index is 14.1. The van der Waals surface area contributed by atoms with Crippen molar-refractivity contribution in [1.82, 2.24) is 19.3 Å². The minimum Gasteiger partial charge on any atom is -0.503 e. The lowest BCUT2D eigenvalue weighted by atomic mass is 9.84. The maximum Gasteiger partial charge on any atom is 0.242 e. The average molecular weight is 406 g/mol. The van der Waals surface area contributed by atoms with Gasteiger partial charge in [-0.15, -0.1) is 0 Å². The second kappa shape index (κ2) is 6.91. The van der Waals surface area contributed by atoms with Gasteiger partial charge >= 0.3 is 0 Å². The molecule has 0 spiro atoms. The number of aromatic nitrogens is 4. The van der Waals surface area contributed by atoms with E-state index in [0.717, 1.165) is 6.20 Å². The van der Waals surface area contributed by atoms with E-state index in [4.69, 9.17) is 0 Å². The van der Waals surface area contributed by atoms with Gasteiger partial charge in [0.2, 0.25) is 5.43 Å². The summed E-state index contributed by atoms with van der Waals surface area (Å²) in [5.74, 6) is -1.38. The zero-order chi connectivity index (χ0) is 20.8. The van der Waals surface area contributed by atoms with E-state index >= 15 is 0 Å². The first-order chi connectivity index (χ1) is 14.5. The van der Waals surface area contributed by atoms with Crippen molar-refractivity contribution in [2.75, 3.05) is 0 Å². The topological polar surface area (TPSA) is 72.9 Å². The van der Waals surface area contributed by atoms with Crippen molar-refractivity contribution in [1.29, 1.82) is 0 Å².